The van der Waals surface area contributed by atoms with Crippen molar-refractivity contribution >= 4 is 0 Å². The van der Waals surface area contributed by atoms with Gasteiger partial charge in [-0.15, -0.1) is 0 Å². The highest BCUT2D eigenvalue weighted by atomic mass is 19.1. The molecule has 0 heterocycles. The molecule has 0 unspecified atom stereocenters. The van der Waals surface area contributed by atoms with Gasteiger partial charge in [0, 0.05) is 11.6 Å². The first kappa shape index (κ1) is 12.6. The molecule has 0 saturated heterocycles. The fraction of sp³-hybridized carbons (Fsp3) is 0.200. The van der Waals surface area contributed by atoms with E-state index in [0.29, 0.717) is 5.75 Å². The minimum atomic E-state index is -0.377. The Bertz CT molecular complexity index is 527. The zero-order valence-corrected chi connectivity index (χ0v) is 10.3. The number of para-hydroxylation sites is 2. The quantitative estimate of drug-likeness (QED) is 0.882. The number of nitrogens with two attached hydrogens (primary N) is 1. The van der Waals surface area contributed by atoms with Gasteiger partial charge in [-0.1, -0.05) is 37.3 Å². The van der Waals surface area contributed by atoms with Gasteiger partial charge in [0.15, 0.2) is 11.6 Å². The minimum absolute atomic E-state index is 0.104. The van der Waals surface area contributed by atoms with Crippen LogP contribution in [0.4, 0.5) is 4.39 Å². The molecule has 0 aliphatic heterocycles. The second-order valence-electron chi connectivity index (χ2n) is 4.09. The van der Waals surface area contributed by atoms with E-state index >= 15 is 0 Å². The van der Waals surface area contributed by atoms with Crippen LogP contribution in [0.15, 0.2) is 48.5 Å². The molecule has 2 aromatic rings. The van der Waals surface area contributed by atoms with E-state index < -0.39 is 0 Å². The predicted molar refractivity (Wildman–Crippen MR) is 70.1 cm³/mol. The fourth-order valence-corrected chi connectivity index (χ4v) is 1.75. The Morgan fingerprint density at radius 1 is 1.06 bits per heavy atom. The molecule has 0 aromatic heterocycles. The Kier molecular flexibility index (Phi) is 3.95. The fourth-order valence-electron chi connectivity index (χ4n) is 1.75. The van der Waals surface area contributed by atoms with Gasteiger partial charge < -0.3 is 10.5 Å². The smallest absolute Gasteiger partial charge is 0.165 e. The number of rotatable bonds is 4. The van der Waals surface area contributed by atoms with E-state index in [9.17, 15) is 4.39 Å². The average Bonchev–Trinajstić information content (AvgIpc) is 2.41. The molecule has 0 fully saturated rings. The van der Waals surface area contributed by atoms with E-state index in [4.69, 9.17) is 10.5 Å². The highest BCUT2D eigenvalue weighted by Gasteiger charge is 2.11. The maximum Gasteiger partial charge on any atom is 0.165 e. The van der Waals surface area contributed by atoms with E-state index in [1.165, 1.54) is 6.07 Å². The SMILES string of the molecule is CC[C@H](N)c1ccccc1Oc1ccccc1F. The van der Waals surface area contributed by atoms with Crippen molar-refractivity contribution in [2.24, 2.45) is 5.73 Å². The first-order chi connectivity index (χ1) is 8.72. The van der Waals surface area contributed by atoms with Crippen molar-refractivity contribution in [1.29, 1.82) is 0 Å². The van der Waals surface area contributed by atoms with E-state index in [1.807, 2.05) is 25.1 Å². The molecular weight excluding hydrogens is 229 g/mol. The van der Waals surface area contributed by atoms with Crippen molar-refractivity contribution in [3.05, 3.63) is 59.9 Å². The normalized spacial score (nSPS) is 12.2. The number of halogens is 1. The highest BCUT2D eigenvalue weighted by molar-refractivity contribution is 5.39. The van der Waals surface area contributed by atoms with Crippen LogP contribution in [0.3, 0.4) is 0 Å². The van der Waals surface area contributed by atoms with Crippen molar-refractivity contribution in [2.75, 3.05) is 0 Å². The molecule has 0 spiro atoms. The van der Waals surface area contributed by atoms with E-state index in [1.54, 1.807) is 24.3 Å². The van der Waals surface area contributed by atoms with Crippen LogP contribution in [0.1, 0.15) is 24.9 Å². The van der Waals surface area contributed by atoms with Gasteiger partial charge in [-0.05, 0) is 24.6 Å². The molecule has 2 N–H and O–H groups in total. The van der Waals surface area contributed by atoms with Gasteiger partial charge in [0.05, 0.1) is 0 Å². The first-order valence-electron chi connectivity index (χ1n) is 5.99. The Morgan fingerprint density at radius 3 is 2.33 bits per heavy atom. The third kappa shape index (κ3) is 2.68. The van der Waals surface area contributed by atoms with Crippen molar-refractivity contribution in [1.82, 2.24) is 0 Å². The number of hydrogen-bond donors (Lipinski definition) is 1. The topological polar surface area (TPSA) is 35.2 Å². The van der Waals surface area contributed by atoms with Gasteiger partial charge in [0.2, 0.25) is 0 Å². The van der Waals surface area contributed by atoms with E-state index in [2.05, 4.69) is 0 Å². The standard InChI is InChI=1S/C15H16FNO/c1-2-13(17)11-7-3-5-9-14(11)18-15-10-6-4-8-12(15)16/h3-10,13H,2,17H2,1H3/t13-/m0/s1. The molecular formula is C15H16FNO. The summed E-state index contributed by atoms with van der Waals surface area (Å²) in [5.41, 5.74) is 6.90. The van der Waals surface area contributed by atoms with Crippen LogP contribution in [0.5, 0.6) is 11.5 Å². The molecule has 94 valence electrons. The average molecular weight is 245 g/mol. The Labute approximate surface area is 106 Å². The summed E-state index contributed by atoms with van der Waals surface area (Å²) in [5, 5.41) is 0. The molecule has 0 aliphatic carbocycles. The van der Waals surface area contributed by atoms with E-state index in [-0.39, 0.29) is 17.6 Å². The Balaban J connectivity index is 2.32. The molecule has 0 bridgehead atoms. The summed E-state index contributed by atoms with van der Waals surface area (Å²) >= 11 is 0. The lowest BCUT2D eigenvalue weighted by atomic mass is 10.0. The molecule has 0 saturated carbocycles. The third-order valence-corrected chi connectivity index (χ3v) is 2.81. The zero-order chi connectivity index (χ0) is 13.0. The summed E-state index contributed by atoms with van der Waals surface area (Å²) in [6.07, 6.45) is 0.803. The zero-order valence-electron chi connectivity index (χ0n) is 10.3. The van der Waals surface area contributed by atoms with Gasteiger partial charge in [-0.3, -0.25) is 0 Å². The maximum absolute atomic E-state index is 13.5. The van der Waals surface area contributed by atoms with Crippen LogP contribution < -0.4 is 10.5 Å². The Hall–Kier alpha value is -1.87. The minimum Gasteiger partial charge on any atom is -0.454 e. The molecule has 0 amide bonds. The number of ether oxygens (including phenoxy) is 1. The second kappa shape index (κ2) is 5.65. The van der Waals surface area contributed by atoms with Gasteiger partial charge in [-0.25, -0.2) is 4.39 Å². The molecule has 1 atom stereocenters. The van der Waals surface area contributed by atoms with Crippen molar-refractivity contribution in [2.45, 2.75) is 19.4 Å². The summed E-state index contributed by atoms with van der Waals surface area (Å²) in [6, 6.07) is 13.7. The van der Waals surface area contributed by atoms with Crippen LogP contribution in [0, 0.1) is 5.82 Å². The summed E-state index contributed by atoms with van der Waals surface area (Å²) in [6.45, 7) is 2.00. The maximum atomic E-state index is 13.5. The molecule has 2 aromatic carbocycles. The highest BCUT2D eigenvalue weighted by Crippen LogP contribution is 2.30. The van der Waals surface area contributed by atoms with Crippen LogP contribution in [-0.2, 0) is 0 Å². The van der Waals surface area contributed by atoms with E-state index in [0.717, 1.165) is 12.0 Å². The second-order valence-corrected chi connectivity index (χ2v) is 4.09. The summed E-state index contributed by atoms with van der Waals surface area (Å²) in [5.74, 6) is 0.447. The molecule has 18 heavy (non-hydrogen) atoms. The summed E-state index contributed by atoms with van der Waals surface area (Å²) < 4.78 is 19.1. The predicted octanol–water partition coefficient (Wildman–Crippen LogP) is 4.03. The lowest BCUT2D eigenvalue weighted by Crippen LogP contribution is -2.09. The summed E-state index contributed by atoms with van der Waals surface area (Å²) in [4.78, 5) is 0. The molecule has 2 nitrogen and oxygen atoms in total. The molecule has 3 heteroatoms. The van der Waals surface area contributed by atoms with Gasteiger partial charge in [0.1, 0.15) is 5.75 Å². The van der Waals surface area contributed by atoms with Gasteiger partial charge in [0.25, 0.3) is 0 Å². The van der Waals surface area contributed by atoms with Gasteiger partial charge >= 0.3 is 0 Å². The van der Waals surface area contributed by atoms with Crippen LogP contribution in [0.2, 0.25) is 0 Å². The number of hydrogen-bond acceptors (Lipinski definition) is 2. The van der Waals surface area contributed by atoms with Gasteiger partial charge in [-0.2, -0.15) is 0 Å². The number of benzene rings is 2. The largest absolute Gasteiger partial charge is 0.454 e. The lowest BCUT2D eigenvalue weighted by Gasteiger charge is -2.15. The van der Waals surface area contributed by atoms with Crippen molar-refractivity contribution in [3.8, 4) is 11.5 Å². The van der Waals surface area contributed by atoms with Crippen LogP contribution >= 0.6 is 0 Å². The molecule has 0 radical (unpaired) electrons. The van der Waals surface area contributed by atoms with Crippen molar-refractivity contribution < 1.29 is 9.13 Å². The third-order valence-electron chi connectivity index (χ3n) is 2.81. The van der Waals surface area contributed by atoms with Crippen molar-refractivity contribution in [3.63, 3.8) is 0 Å². The molecule has 0 aliphatic rings. The summed E-state index contributed by atoms with van der Waals surface area (Å²) in [7, 11) is 0. The molecule has 2 rings (SSSR count). The Morgan fingerprint density at radius 2 is 1.67 bits per heavy atom. The first-order valence-corrected chi connectivity index (χ1v) is 5.99. The monoisotopic (exact) mass is 245 g/mol. The van der Waals surface area contributed by atoms with Crippen LogP contribution in [-0.4, -0.2) is 0 Å². The van der Waals surface area contributed by atoms with Crippen LogP contribution in [0.25, 0.3) is 0 Å². The lowest BCUT2D eigenvalue weighted by molar-refractivity contribution is 0.433.